The molecule has 1 fully saturated rings. The van der Waals surface area contributed by atoms with Crippen LogP contribution in [0.5, 0.6) is 5.75 Å². The van der Waals surface area contributed by atoms with E-state index in [4.69, 9.17) is 4.74 Å². The van der Waals surface area contributed by atoms with E-state index in [9.17, 15) is 4.79 Å². The van der Waals surface area contributed by atoms with E-state index in [1.807, 2.05) is 39.0 Å². The van der Waals surface area contributed by atoms with Crippen molar-refractivity contribution in [2.45, 2.75) is 33.1 Å². The van der Waals surface area contributed by atoms with Gasteiger partial charge in [-0.15, -0.1) is 0 Å². The first-order chi connectivity index (χ1) is 7.57. The third-order valence-corrected chi connectivity index (χ3v) is 3.57. The van der Waals surface area contributed by atoms with E-state index in [2.05, 4.69) is 6.07 Å². The lowest BCUT2D eigenvalue weighted by molar-refractivity contribution is -0.138. The fourth-order valence-corrected chi connectivity index (χ4v) is 2.32. The molecule has 1 saturated carbocycles. The van der Waals surface area contributed by atoms with Crippen molar-refractivity contribution in [2.75, 3.05) is 6.61 Å². The summed E-state index contributed by atoms with van der Waals surface area (Å²) in [6.07, 6.45) is 0.650. The Balaban J connectivity index is 2.31. The highest BCUT2D eigenvalue weighted by atomic mass is 16.5. The smallest absolute Gasteiger partial charge is 0.139 e. The van der Waals surface area contributed by atoms with Crippen molar-refractivity contribution in [1.29, 1.82) is 0 Å². The molecule has 2 nitrogen and oxygen atoms in total. The third-order valence-electron chi connectivity index (χ3n) is 3.57. The van der Waals surface area contributed by atoms with Crippen LogP contribution in [0.2, 0.25) is 0 Å². The summed E-state index contributed by atoms with van der Waals surface area (Å²) < 4.78 is 5.61. The second kappa shape index (κ2) is 3.93. The number of benzene rings is 1. The quantitative estimate of drug-likeness (QED) is 0.779. The number of carbonyl (C=O) groups is 1. The number of hydrogen-bond donors (Lipinski definition) is 0. The SMILES string of the molecule is CCOc1ccccc1C1CC(=O)C1(C)C. The van der Waals surface area contributed by atoms with Gasteiger partial charge in [-0.1, -0.05) is 32.0 Å². The maximum Gasteiger partial charge on any atom is 0.139 e. The van der Waals surface area contributed by atoms with Gasteiger partial charge in [0.2, 0.25) is 0 Å². The second-order valence-corrected chi connectivity index (χ2v) is 4.87. The third kappa shape index (κ3) is 1.62. The average Bonchev–Trinajstić information content (AvgIpc) is 2.27. The first kappa shape index (κ1) is 11.2. The summed E-state index contributed by atoms with van der Waals surface area (Å²) in [6.45, 7) is 6.68. The van der Waals surface area contributed by atoms with Crippen LogP contribution >= 0.6 is 0 Å². The molecule has 0 radical (unpaired) electrons. The van der Waals surface area contributed by atoms with Crippen molar-refractivity contribution in [3.8, 4) is 5.75 Å². The molecule has 1 aromatic rings. The zero-order valence-electron chi connectivity index (χ0n) is 10.1. The summed E-state index contributed by atoms with van der Waals surface area (Å²) in [7, 11) is 0. The monoisotopic (exact) mass is 218 g/mol. The molecule has 0 amide bonds. The molecule has 0 N–H and O–H groups in total. The van der Waals surface area contributed by atoms with Crippen LogP contribution in [-0.2, 0) is 4.79 Å². The van der Waals surface area contributed by atoms with Crippen LogP contribution in [0.15, 0.2) is 24.3 Å². The molecule has 1 atom stereocenters. The minimum atomic E-state index is -0.229. The van der Waals surface area contributed by atoms with Crippen LogP contribution in [-0.4, -0.2) is 12.4 Å². The van der Waals surface area contributed by atoms with Gasteiger partial charge in [-0.2, -0.15) is 0 Å². The highest BCUT2D eigenvalue weighted by molar-refractivity contribution is 5.92. The minimum absolute atomic E-state index is 0.229. The van der Waals surface area contributed by atoms with Gasteiger partial charge in [-0.25, -0.2) is 0 Å². The Bertz CT molecular complexity index is 407. The molecule has 0 aliphatic heterocycles. The van der Waals surface area contributed by atoms with E-state index >= 15 is 0 Å². The molecule has 1 aromatic carbocycles. The number of carbonyl (C=O) groups excluding carboxylic acids is 1. The molecule has 2 rings (SSSR count). The predicted octanol–water partition coefficient (Wildman–Crippen LogP) is 3.17. The minimum Gasteiger partial charge on any atom is -0.494 e. The highest BCUT2D eigenvalue weighted by Gasteiger charge is 2.48. The summed E-state index contributed by atoms with van der Waals surface area (Å²) in [5.74, 6) is 1.59. The van der Waals surface area contributed by atoms with E-state index < -0.39 is 0 Å². The van der Waals surface area contributed by atoms with Gasteiger partial charge in [0.05, 0.1) is 6.61 Å². The molecule has 86 valence electrons. The average molecular weight is 218 g/mol. The molecule has 16 heavy (non-hydrogen) atoms. The van der Waals surface area contributed by atoms with Crippen LogP contribution < -0.4 is 4.74 Å². The lowest BCUT2D eigenvalue weighted by Gasteiger charge is -2.43. The fourth-order valence-electron chi connectivity index (χ4n) is 2.32. The van der Waals surface area contributed by atoms with Gasteiger partial charge in [0.25, 0.3) is 0 Å². The summed E-state index contributed by atoms with van der Waals surface area (Å²) in [5.41, 5.74) is 0.946. The largest absolute Gasteiger partial charge is 0.494 e. The van der Waals surface area contributed by atoms with Crippen LogP contribution in [0.4, 0.5) is 0 Å². The summed E-state index contributed by atoms with van der Waals surface area (Å²) in [4.78, 5) is 11.6. The standard InChI is InChI=1S/C14H18O2/c1-4-16-12-8-6-5-7-10(12)11-9-13(15)14(11,2)3/h5-8,11H,4,9H2,1-3H3. The van der Waals surface area contributed by atoms with Crippen molar-refractivity contribution in [1.82, 2.24) is 0 Å². The van der Waals surface area contributed by atoms with Gasteiger partial charge in [0.1, 0.15) is 11.5 Å². The molecular weight excluding hydrogens is 200 g/mol. The van der Waals surface area contributed by atoms with E-state index in [-0.39, 0.29) is 5.41 Å². The van der Waals surface area contributed by atoms with Crippen molar-refractivity contribution in [3.63, 3.8) is 0 Å². The van der Waals surface area contributed by atoms with Gasteiger partial charge in [-0.05, 0) is 18.6 Å². The fraction of sp³-hybridized carbons (Fsp3) is 0.500. The first-order valence-corrected chi connectivity index (χ1v) is 5.82. The van der Waals surface area contributed by atoms with E-state index in [1.165, 1.54) is 5.56 Å². The van der Waals surface area contributed by atoms with Gasteiger partial charge < -0.3 is 4.74 Å². The molecular formula is C14H18O2. The molecule has 0 spiro atoms. The molecule has 0 bridgehead atoms. The van der Waals surface area contributed by atoms with E-state index in [0.717, 1.165) is 5.75 Å². The van der Waals surface area contributed by atoms with Crippen molar-refractivity contribution in [2.24, 2.45) is 5.41 Å². The molecule has 2 heteroatoms. The molecule has 0 saturated heterocycles. The maximum absolute atomic E-state index is 11.6. The Morgan fingerprint density at radius 3 is 2.62 bits per heavy atom. The lowest BCUT2D eigenvalue weighted by Crippen LogP contribution is -2.43. The number of rotatable bonds is 3. The van der Waals surface area contributed by atoms with Crippen LogP contribution in [0.1, 0.15) is 38.7 Å². The number of hydrogen-bond acceptors (Lipinski definition) is 2. The first-order valence-electron chi connectivity index (χ1n) is 5.82. The zero-order valence-corrected chi connectivity index (χ0v) is 10.1. The molecule has 0 heterocycles. The summed E-state index contributed by atoms with van der Waals surface area (Å²) in [6, 6.07) is 8.04. The summed E-state index contributed by atoms with van der Waals surface area (Å²) in [5, 5.41) is 0. The second-order valence-electron chi connectivity index (χ2n) is 4.87. The molecule has 1 aliphatic carbocycles. The number of ketones is 1. The maximum atomic E-state index is 11.6. The number of para-hydroxylation sites is 1. The Labute approximate surface area is 96.6 Å². The van der Waals surface area contributed by atoms with E-state index in [1.54, 1.807) is 0 Å². The van der Waals surface area contributed by atoms with Gasteiger partial charge in [0, 0.05) is 17.8 Å². The van der Waals surface area contributed by atoms with Gasteiger partial charge >= 0.3 is 0 Å². The Morgan fingerprint density at radius 2 is 2.06 bits per heavy atom. The number of Topliss-reactive ketones (excluding diaryl/α,β-unsaturated/α-hetero) is 1. The normalized spacial score (nSPS) is 22.7. The van der Waals surface area contributed by atoms with Crippen LogP contribution in [0, 0.1) is 5.41 Å². The molecule has 0 aromatic heterocycles. The van der Waals surface area contributed by atoms with Crippen LogP contribution in [0.3, 0.4) is 0 Å². The highest BCUT2D eigenvalue weighted by Crippen LogP contribution is 2.51. The van der Waals surface area contributed by atoms with Crippen molar-refractivity contribution < 1.29 is 9.53 Å². The topological polar surface area (TPSA) is 26.3 Å². The van der Waals surface area contributed by atoms with E-state index in [0.29, 0.717) is 24.7 Å². The van der Waals surface area contributed by atoms with Crippen LogP contribution in [0.25, 0.3) is 0 Å². The van der Waals surface area contributed by atoms with Crippen molar-refractivity contribution >= 4 is 5.78 Å². The predicted molar refractivity (Wildman–Crippen MR) is 63.8 cm³/mol. The Morgan fingerprint density at radius 1 is 1.38 bits per heavy atom. The summed E-state index contributed by atoms with van der Waals surface area (Å²) >= 11 is 0. The van der Waals surface area contributed by atoms with Crippen molar-refractivity contribution in [3.05, 3.63) is 29.8 Å². The van der Waals surface area contributed by atoms with Gasteiger partial charge in [-0.3, -0.25) is 4.79 Å². The Kier molecular flexibility index (Phi) is 2.75. The van der Waals surface area contributed by atoms with Gasteiger partial charge in [0.15, 0.2) is 0 Å². The molecule has 1 unspecified atom stereocenters. The number of ether oxygens (including phenoxy) is 1. The zero-order chi connectivity index (χ0) is 11.8. The molecule has 1 aliphatic rings. The Hall–Kier alpha value is -1.31. The lowest BCUT2D eigenvalue weighted by atomic mass is 9.59.